The van der Waals surface area contributed by atoms with Gasteiger partial charge in [0.15, 0.2) is 0 Å². The van der Waals surface area contributed by atoms with Gasteiger partial charge in [0.25, 0.3) is 0 Å². The number of rotatable bonds is 3. The van der Waals surface area contributed by atoms with Crippen LogP contribution in [0.25, 0.3) is 17.7 Å². The molecule has 0 fully saturated rings. The lowest BCUT2D eigenvalue weighted by atomic mass is 10.0. The maximum Gasteiger partial charge on any atom is 0.0208 e. The van der Waals surface area contributed by atoms with Crippen molar-refractivity contribution >= 4 is 17.7 Å². The van der Waals surface area contributed by atoms with Crippen LogP contribution in [-0.2, 0) is 0 Å². The van der Waals surface area contributed by atoms with Gasteiger partial charge in [-0.3, -0.25) is 0 Å². The first kappa shape index (κ1) is 12.9. The van der Waals surface area contributed by atoms with E-state index < -0.39 is 0 Å². The van der Waals surface area contributed by atoms with Crippen LogP contribution >= 0.6 is 0 Å². The fourth-order valence-electron chi connectivity index (χ4n) is 2.43. The van der Waals surface area contributed by atoms with Gasteiger partial charge in [-0.05, 0) is 35.2 Å². The van der Waals surface area contributed by atoms with Crippen molar-refractivity contribution < 1.29 is 0 Å². The smallest absolute Gasteiger partial charge is 0.0208 e. The van der Waals surface area contributed by atoms with Gasteiger partial charge in [0.1, 0.15) is 0 Å². The molecule has 0 saturated carbocycles. The Bertz CT molecular complexity index is 606. The topological polar surface area (TPSA) is 12.0 Å². The fourth-order valence-corrected chi connectivity index (χ4v) is 2.43. The molecule has 1 heteroatoms. The highest BCUT2D eigenvalue weighted by Gasteiger charge is 2.04. The van der Waals surface area contributed by atoms with E-state index in [-0.39, 0.29) is 0 Å². The Labute approximate surface area is 120 Å². The van der Waals surface area contributed by atoms with Crippen molar-refractivity contribution in [3.63, 3.8) is 0 Å². The highest BCUT2D eigenvalue weighted by atomic mass is 14.9. The monoisotopic (exact) mass is 261 g/mol. The molecule has 0 bridgehead atoms. The Morgan fingerprint density at radius 2 is 1.50 bits per heavy atom. The molecule has 1 nitrogen and oxygen atoms in total. The van der Waals surface area contributed by atoms with Crippen molar-refractivity contribution in [3.8, 4) is 0 Å². The lowest BCUT2D eigenvalue weighted by molar-refractivity contribution is 0.739. The first-order chi connectivity index (χ1) is 9.92. The molecule has 0 aromatic heterocycles. The minimum Gasteiger partial charge on any atom is -0.312 e. The molecule has 0 radical (unpaired) electrons. The van der Waals surface area contributed by atoms with Gasteiger partial charge >= 0.3 is 0 Å². The molecule has 3 rings (SSSR count). The summed E-state index contributed by atoms with van der Waals surface area (Å²) in [6.07, 6.45) is 7.78. The molecule has 1 aliphatic rings. The molecule has 0 spiro atoms. The Kier molecular flexibility index (Phi) is 4.10. The molecule has 0 saturated heterocycles. The highest BCUT2D eigenvalue weighted by Crippen LogP contribution is 2.18. The maximum absolute atomic E-state index is 3.41. The van der Waals surface area contributed by atoms with E-state index in [1.54, 1.807) is 0 Å². The summed E-state index contributed by atoms with van der Waals surface area (Å²) in [5.41, 5.74) is 5.21. The summed E-state index contributed by atoms with van der Waals surface area (Å²) in [5, 5.41) is 3.41. The van der Waals surface area contributed by atoms with Gasteiger partial charge in [-0.15, -0.1) is 0 Å². The van der Waals surface area contributed by atoms with E-state index in [9.17, 15) is 0 Å². The molecule has 1 N–H and O–H groups in total. The molecule has 2 aromatic rings. The van der Waals surface area contributed by atoms with E-state index in [4.69, 9.17) is 0 Å². The summed E-state index contributed by atoms with van der Waals surface area (Å²) in [6.45, 7) is 2.08. The van der Waals surface area contributed by atoms with Gasteiger partial charge in [-0.2, -0.15) is 0 Å². The number of benzene rings is 2. The van der Waals surface area contributed by atoms with Gasteiger partial charge in [0.2, 0.25) is 0 Å². The number of hydrogen-bond donors (Lipinski definition) is 1. The second kappa shape index (κ2) is 6.36. The largest absolute Gasteiger partial charge is 0.312 e. The molecule has 1 heterocycles. The Hall–Kier alpha value is -2.12. The third-order valence-corrected chi connectivity index (χ3v) is 3.58. The molecule has 100 valence electrons. The van der Waals surface area contributed by atoms with Crippen LogP contribution in [0.5, 0.6) is 0 Å². The zero-order valence-corrected chi connectivity index (χ0v) is 11.5. The minimum absolute atomic E-state index is 0.985. The van der Waals surface area contributed by atoms with Crippen molar-refractivity contribution in [2.45, 2.75) is 6.42 Å². The number of nitrogens with one attached hydrogen (secondary N) is 1. The molecule has 0 atom stereocenters. The standard InChI is InChI=1S/C19H19N/c1-2-5-16(6-3-1)8-9-17-10-12-18(13-11-17)19-7-4-14-20-15-19/h1-3,5-13,20H,4,14-15H2. The quantitative estimate of drug-likeness (QED) is 0.815. The van der Waals surface area contributed by atoms with Gasteiger partial charge < -0.3 is 5.32 Å². The van der Waals surface area contributed by atoms with E-state index in [0.717, 1.165) is 19.5 Å². The van der Waals surface area contributed by atoms with Crippen molar-refractivity contribution in [2.24, 2.45) is 0 Å². The van der Waals surface area contributed by atoms with E-state index >= 15 is 0 Å². The zero-order chi connectivity index (χ0) is 13.6. The summed E-state index contributed by atoms with van der Waals surface area (Å²) in [4.78, 5) is 0. The summed E-state index contributed by atoms with van der Waals surface area (Å²) in [6, 6.07) is 19.2. The Morgan fingerprint density at radius 1 is 0.800 bits per heavy atom. The van der Waals surface area contributed by atoms with Crippen LogP contribution in [0.3, 0.4) is 0 Å². The SMILES string of the molecule is C(=Cc1ccc(C2=CCCNC2)cc1)c1ccccc1. The predicted octanol–water partition coefficient (Wildman–Crippen LogP) is 4.23. The summed E-state index contributed by atoms with van der Waals surface area (Å²) >= 11 is 0. The summed E-state index contributed by atoms with van der Waals surface area (Å²) in [7, 11) is 0. The normalized spacial score (nSPS) is 15.3. The molecule has 0 aliphatic carbocycles. The van der Waals surface area contributed by atoms with Crippen LogP contribution < -0.4 is 5.32 Å². The van der Waals surface area contributed by atoms with Gasteiger partial charge in [-0.1, -0.05) is 72.8 Å². The fraction of sp³-hybridized carbons (Fsp3) is 0.158. The first-order valence-corrected chi connectivity index (χ1v) is 7.15. The van der Waals surface area contributed by atoms with Crippen LogP contribution in [-0.4, -0.2) is 13.1 Å². The van der Waals surface area contributed by atoms with Crippen LogP contribution in [0, 0.1) is 0 Å². The van der Waals surface area contributed by atoms with Gasteiger partial charge in [0.05, 0.1) is 0 Å². The summed E-state index contributed by atoms with van der Waals surface area (Å²) in [5.74, 6) is 0. The van der Waals surface area contributed by atoms with Crippen LogP contribution in [0.4, 0.5) is 0 Å². The van der Waals surface area contributed by atoms with E-state index in [1.807, 2.05) is 6.07 Å². The second-order valence-electron chi connectivity index (χ2n) is 5.06. The average Bonchev–Trinajstić information content (AvgIpc) is 2.55. The van der Waals surface area contributed by atoms with E-state index in [2.05, 4.69) is 72.1 Å². The molecule has 20 heavy (non-hydrogen) atoms. The van der Waals surface area contributed by atoms with E-state index in [1.165, 1.54) is 22.3 Å². The van der Waals surface area contributed by atoms with Crippen molar-refractivity contribution in [1.82, 2.24) is 5.32 Å². The zero-order valence-electron chi connectivity index (χ0n) is 11.5. The average molecular weight is 261 g/mol. The van der Waals surface area contributed by atoms with Gasteiger partial charge in [-0.25, -0.2) is 0 Å². The van der Waals surface area contributed by atoms with Crippen LogP contribution in [0.2, 0.25) is 0 Å². The number of hydrogen-bond acceptors (Lipinski definition) is 1. The van der Waals surface area contributed by atoms with Crippen LogP contribution in [0.1, 0.15) is 23.1 Å². The van der Waals surface area contributed by atoms with Gasteiger partial charge in [0, 0.05) is 6.54 Å². The lowest BCUT2D eigenvalue weighted by Crippen LogP contribution is -2.21. The van der Waals surface area contributed by atoms with Crippen LogP contribution in [0.15, 0.2) is 60.7 Å². The molecule has 1 aliphatic heterocycles. The predicted molar refractivity (Wildman–Crippen MR) is 87.3 cm³/mol. The van der Waals surface area contributed by atoms with Crippen molar-refractivity contribution in [2.75, 3.05) is 13.1 Å². The van der Waals surface area contributed by atoms with Crippen molar-refractivity contribution in [3.05, 3.63) is 77.4 Å². The second-order valence-corrected chi connectivity index (χ2v) is 5.06. The molecule has 0 unspecified atom stereocenters. The highest BCUT2D eigenvalue weighted by molar-refractivity contribution is 5.72. The summed E-state index contributed by atoms with van der Waals surface area (Å²) < 4.78 is 0. The minimum atomic E-state index is 0.985. The molecule has 0 amide bonds. The third kappa shape index (κ3) is 3.25. The first-order valence-electron chi connectivity index (χ1n) is 7.15. The van der Waals surface area contributed by atoms with Crippen molar-refractivity contribution in [1.29, 1.82) is 0 Å². The maximum atomic E-state index is 3.41. The Morgan fingerprint density at radius 3 is 2.15 bits per heavy atom. The molecular formula is C19H19N. The van der Waals surface area contributed by atoms with E-state index in [0.29, 0.717) is 0 Å². The molecular weight excluding hydrogens is 242 g/mol. The Balaban J connectivity index is 1.73. The lowest BCUT2D eigenvalue weighted by Gasteiger charge is -2.14. The third-order valence-electron chi connectivity index (χ3n) is 3.58. The molecule has 2 aromatic carbocycles.